The number of halogens is 1. The van der Waals surface area contributed by atoms with Gasteiger partial charge in [0, 0.05) is 30.6 Å². The third-order valence-corrected chi connectivity index (χ3v) is 7.56. The predicted octanol–water partition coefficient (Wildman–Crippen LogP) is 3.32. The Morgan fingerprint density at radius 3 is 2.67 bits per heavy atom. The van der Waals surface area contributed by atoms with E-state index in [1.165, 1.54) is 16.4 Å². The molecule has 4 rings (SSSR count). The van der Waals surface area contributed by atoms with E-state index in [0.717, 1.165) is 18.4 Å². The number of carbonyl (C=O) groups excluding carboxylic acids is 1. The third-order valence-electron chi connectivity index (χ3n) is 5.34. The number of sulfonamides is 1. The minimum atomic E-state index is -3.68. The van der Waals surface area contributed by atoms with Crippen LogP contribution in [0.2, 0.25) is 5.02 Å². The van der Waals surface area contributed by atoms with Gasteiger partial charge in [-0.2, -0.15) is 4.31 Å². The molecule has 0 spiro atoms. The maximum Gasteiger partial charge on any atom is 0.243 e. The molecule has 1 fully saturated rings. The monoisotopic (exact) mass is 450 g/mol. The number of ether oxygens (including phenoxy) is 2. The summed E-state index contributed by atoms with van der Waals surface area (Å²) in [4.78, 5) is 12.8. The molecule has 0 bridgehead atoms. The Morgan fingerprint density at radius 1 is 1.10 bits per heavy atom. The lowest BCUT2D eigenvalue weighted by Crippen LogP contribution is -2.45. The lowest BCUT2D eigenvalue weighted by molar-refractivity contribution is -0.122. The van der Waals surface area contributed by atoms with Gasteiger partial charge < -0.3 is 14.8 Å². The molecule has 2 aliphatic rings. The number of hydrogen-bond donors (Lipinski definition) is 1. The first-order valence-electron chi connectivity index (χ1n) is 9.86. The summed E-state index contributed by atoms with van der Waals surface area (Å²) in [5, 5.41) is 3.36. The van der Waals surface area contributed by atoms with Crippen LogP contribution in [-0.4, -0.2) is 38.0 Å². The first kappa shape index (κ1) is 21.0. The smallest absolute Gasteiger partial charge is 0.243 e. The quantitative estimate of drug-likeness (QED) is 0.729. The van der Waals surface area contributed by atoms with Crippen LogP contribution in [0.1, 0.15) is 31.2 Å². The van der Waals surface area contributed by atoms with Crippen molar-refractivity contribution in [3.8, 4) is 11.5 Å². The molecule has 0 aliphatic carbocycles. The fraction of sp³-hybridized carbons (Fsp3) is 0.381. The van der Waals surface area contributed by atoms with E-state index in [1.807, 2.05) is 18.2 Å². The second-order valence-corrected chi connectivity index (χ2v) is 9.71. The van der Waals surface area contributed by atoms with Crippen molar-refractivity contribution < 1.29 is 22.7 Å². The van der Waals surface area contributed by atoms with Crippen molar-refractivity contribution in [3.05, 3.63) is 53.1 Å². The van der Waals surface area contributed by atoms with Gasteiger partial charge in [-0.15, -0.1) is 0 Å². The van der Waals surface area contributed by atoms with Gasteiger partial charge in [0.1, 0.15) is 0 Å². The van der Waals surface area contributed by atoms with Crippen LogP contribution < -0.4 is 14.8 Å². The summed E-state index contributed by atoms with van der Waals surface area (Å²) < 4.78 is 38.3. The fourth-order valence-corrected chi connectivity index (χ4v) is 5.59. The average Bonchev–Trinajstić information content (AvgIpc) is 3.21. The molecule has 30 heavy (non-hydrogen) atoms. The zero-order chi connectivity index (χ0) is 21.1. The lowest BCUT2D eigenvalue weighted by Gasteiger charge is -2.34. The van der Waals surface area contributed by atoms with Crippen molar-refractivity contribution in [1.82, 2.24) is 9.62 Å². The third kappa shape index (κ3) is 4.55. The Hall–Kier alpha value is -2.29. The molecule has 7 nitrogen and oxygen atoms in total. The van der Waals surface area contributed by atoms with E-state index < -0.39 is 10.0 Å². The minimum absolute atomic E-state index is 0.122. The molecule has 9 heteroatoms. The number of carbonyl (C=O) groups is 1. The van der Waals surface area contributed by atoms with Gasteiger partial charge in [0.05, 0.1) is 4.90 Å². The number of benzene rings is 2. The zero-order valence-electron chi connectivity index (χ0n) is 16.3. The summed E-state index contributed by atoms with van der Waals surface area (Å²) in [7, 11) is -3.68. The van der Waals surface area contributed by atoms with Crippen molar-refractivity contribution in [2.75, 3.05) is 13.3 Å². The van der Waals surface area contributed by atoms with Gasteiger partial charge in [-0.25, -0.2) is 8.42 Å². The Labute approximate surface area is 181 Å². The van der Waals surface area contributed by atoms with E-state index in [9.17, 15) is 13.2 Å². The molecule has 2 aromatic carbocycles. The van der Waals surface area contributed by atoms with Gasteiger partial charge in [-0.05, 0) is 54.8 Å². The van der Waals surface area contributed by atoms with E-state index in [0.29, 0.717) is 36.0 Å². The number of hydrogen-bond acceptors (Lipinski definition) is 5. The highest BCUT2D eigenvalue weighted by atomic mass is 35.5. The van der Waals surface area contributed by atoms with Crippen LogP contribution in [0.3, 0.4) is 0 Å². The number of nitrogens with one attached hydrogen (secondary N) is 1. The van der Waals surface area contributed by atoms with Crippen molar-refractivity contribution in [3.63, 3.8) is 0 Å². The Morgan fingerprint density at radius 2 is 1.87 bits per heavy atom. The molecule has 160 valence electrons. The van der Waals surface area contributed by atoms with E-state index >= 15 is 0 Å². The maximum atomic E-state index is 13.1. The topological polar surface area (TPSA) is 84.9 Å². The largest absolute Gasteiger partial charge is 0.454 e. The molecule has 1 saturated heterocycles. The molecule has 0 radical (unpaired) electrons. The predicted molar refractivity (Wildman–Crippen MR) is 112 cm³/mol. The Bertz CT molecular complexity index is 1030. The highest BCUT2D eigenvalue weighted by molar-refractivity contribution is 7.89. The van der Waals surface area contributed by atoms with Crippen LogP contribution in [0.15, 0.2) is 47.4 Å². The molecule has 0 aromatic heterocycles. The SMILES string of the molecule is O=C(C[C@H]1CCCCN1S(=O)(=O)c1ccc(Cl)cc1)NCc1ccc2c(c1)OCO2. The van der Waals surface area contributed by atoms with Gasteiger partial charge in [0.15, 0.2) is 11.5 Å². The minimum Gasteiger partial charge on any atom is -0.454 e. The summed E-state index contributed by atoms with van der Waals surface area (Å²) in [5.41, 5.74) is 0.891. The number of fused-ring (bicyclic) bond motifs is 1. The lowest BCUT2D eigenvalue weighted by atomic mass is 10.0. The molecule has 1 N–H and O–H groups in total. The van der Waals surface area contributed by atoms with Crippen LogP contribution in [0, 0.1) is 0 Å². The molecule has 2 aliphatic heterocycles. The summed E-state index contributed by atoms with van der Waals surface area (Å²) in [5.74, 6) is 1.17. The molecule has 1 amide bonds. The summed E-state index contributed by atoms with van der Waals surface area (Å²) in [6.45, 7) is 0.946. The van der Waals surface area contributed by atoms with E-state index in [2.05, 4.69) is 5.32 Å². The molecule has 2 heterocycles. The second-order valence-electron chi connectivity index (χ2n) is 7.39. The molecule has 2 aromatic rings. The number of amides is 1. The van der Waals surface area contributed by atoms with Crippen LogP contribution in [0.4, 0.5) is 0 Å². The van der Waals surface area contributed by atoms with Crippen LogP contribution >= 0.6 is 11.6 Å². The number of piperidine rings is 1. The molecular weight excluding hydrogens is 428 g/mol. The van der Waals surface area contributed by atoms with Crippen LogP contribution in [0.25, 0.3) is 0 Å². The first-order chi connectivity index (χ1) is 14.4. The summed E-state index contributed by atoms with van der Waals surface area (Å²) >= 11 is 5.89. The summed E-state index contributed by atoms with van der Waals surface area (Å²) in [6, 6.07) is 11.3. The van der Waals surface area contributed by atoms with Crippen LogP contribution in [-0.2, 0) is 21.4 Å². The number of rotatable bonds is 6. The van der Waals surface area contributed by atoms with Crippen molar-refractivity contribution in [2.45, 2.75) is 43.2 Å². The zero-order valence-corrected chi connectivity index (χ0v) is 17.9. The van der Waals surface area contributed by atoms with E-state index in [-0.39, 0.29) is 30.1 Å². The van der Waals surface area contributed by atoms with Crippen molar-refractivity contribution >= 4 is 27.5 Å². The van der Waals surface area contributed by atoms with Crippen LogP contribution in [0.5, 0.6) is 11.5 Å². The highest BCUT2D eigenvalue weighted by Gasteiger charge is 2.34. The average molecular weight is 451 g/mol. The van der Waals surface area contributed by atoms with Gasteiger partial charge in [0.25, 0.3) is 0 Å². The first-order valence-corrected chi connectivity index (χ1v) is 11.7. The second kappa shape index (κ2) is 8.83. The van der Waals surface area contributed by atoms with E-state index in [1.54, 1.807) is 12.1 Å². The Balaban J connectivity index is 1.40. The normalized spacial score (nSPS) is 18.9. The van der Waals surface area contributed by atoms with Crippen molar-refractivity contribution in [1.29, 1.82) is 0 Å². The van der Waals surface area contributed by atoms with Crippen molar-refractivity contribution in [2.24, 2.45) is 0 Å². The maximum absolute atomic E-state index is 13.1. The van der Waals surface area contributed by atoms with Gasteiger partial charge in [-0.1, -0.05) is 24.1 Å². The van der Waals surface area contributed by atoms with Gasteiger partial charge in [-0.3, -0.25) is 4.79 Å². The number of nitrogens with zero attached hydrogens (tertiary/aromatic N) is 1. The molecule has 0 unspecified atom stereocenters. The van der Waals surface area contributed by atoms with Gasteiger partial charge in [0.2, 0.25) is 22.7 Å². The molecule has 0 saturated carbocycles. The standard InChI is InChI=1S/C21H23ClN2O5S/c22-16-5-7-18(8-6-16)30(26,27)24-10-2-1-3-17(24)12-21(25)23-13-15-4-9-19-20(11-15)29-14-28-19/h4-9,11,17H,1-3,10,12-14H2,(H,23,25)/t17-/m1/s1. The Kier molecular flexibility index (Phi) is 6.17. The summed E-state index contributed by atoms with van der Waals surface area (Å²) in [6.07, 6.45) is 2.45. The molecule has 1 atom stereocenters. The van der Waals surface area contributed by atoms with E-state index in [4.69, 9.17) is 21.1 Å². The van der Waals surface area contributed by atoms with Gasteiger partial charge >= 0.3 is 0 Å². The fourth-order valence-electron chi connectivity index (χ4n) is 3.77. The molecular formula is C21H23ClN2O5S. The highest BCUT2D eigenvalue weighted by Crippen LogP contribution is 2.32.